The lowest BCUT2D eigenvalue weighted by atomic mass is 10.0. The second kappa shape index (κ2) is 3.21. The van der Waals surface area contributed by atoms with Crippen molar-refractivity contribution < 1.29 is 4.79 Å². The van der Waals surface area contributed by atoms with Crippen LogP contribution in [0, 0.1) is 6.92 Å². The van der Waals surface area contributed by atoms with E-state index in [2.05, 4.69) is 30.4 Å². The van der Waals surface area contributed by atoms with Crippen molar-refractivity contribution in [3.63, 3.8) is 0 Å². The van der Waals surface area contributed by atoms with Gasteiger partial charge in [-0.05, 0) is 24.5 Å². The van der Waals surface area contributed by atoms with E-state index in [0.717, 1.165) is 6.42 Å². The zero-order valence-electron chi connectivity index (χ0n) is 7.76. The molecule has 0 aliphatic carbocycles. The first-order valence-electron chi connectivity index (χ1n) is 4.61. The van der Waals surface area contributed by atoms with E-state index in [9.17, 15) is 4.79 Å². The molecule has 0 unspecified atom stereocenters. The molecule has 0 fully saturated rings. The Kier molecular flexibility index (Phi) is 2.05. The molecule has 1 heterocycles. The van der Waals surface area contributed by atoms with E-state index in [4.69, 9.17) is 0 Å². The van der Waals surface area contributed by atoms with Crippen LogP contribution >= 0.6 is 0 Å². The van der Waals surface area contributed by atoms with Gasteiger partial charge in [-0.2, -0.15) is 0 Å². The van der Waals surface area contributed by atoms with Crippen LogP contribution in [-0.2, 0) is 17.8 Å². The Labute approximate surface area is 78.0 Å². The van der Waals surface area contributed by atoms with Crippen LogP contribution in [0.3, 0.4) is 0 Å². The molecule has 1 aliphatic rings. The first-order chi connectivity index (χ1) is 6.25. The van der Waals surface area contributed by atoms with Crippen LogP contribution in [0.5, 0.6) is 0 Å². The maximum atomic E-state index is 11.1. The summed E-state index contributed by atoms with van der Waals surface area (Å²) < 4.78 is 0. The average molecular weight is 175 g/mol. The number of carbonyl (C=O) groups excluding carboxylic acids is 1. The van der Waals surface area contributed by atoms with E-state index >= 15 is 0 Å². The number of nitrogens with one attached hydrogen (secondary N) is 1. The molecule has 1 aliphatic heterocycles. The van der Waals surface area contributed by atoms with Crippen LogP contribution in [0.25, 0.3) is 0 Å². The number of carbonyl (C=O) groups is 1. The molecule has 1 amide bonds. The third kappa shape index (κ3) is 1.72. The van der Waals surface area contributed by atoms with Gasteiger partial charge in [0.15, 0.2) is 0 Å². The van der Waals surface area contributed by atoms with Crippen molar-refractivity contribution in [2.75, 3.05) is 0 Å². The van der Waals surface area contributed by atoms with Gasteiger partial charge in [0.25, 0.3) is 0 Å². The molecular formula is C11H13NO. The second-order valence-corrected chi connectivity index (χ2v) is 3.55. The number of benzene rings is 1. The molecule has 0 bridgehead atoms. The topological polar surface area (TPSA) is 29.1 Å². The Morgan fingerprint density at radius 1 is 1.23 bits per heavy atom. The monoisotopic (exact) mass is 175 g/mol. The van der Waals surface area contributed by atoms with Gasteiger partial charge in [0.05, 0.1) is 0 Å². The predicted molar refractivity (Wildman–Crippen MR) is 51.3 cm³/mol. The fourth-order valence-electron chi connectivity index (χ4n) is 1.69. The number of hydrogen-bond acceptors (Lipinski definition) is 1. The maximum Gasteiger partial charge on any atom is 0.220 e. The summed E-state index contributed by atoms with van der Waals surface area (Å²) in [6, 6.07) is 6.39. The molecule has 1 N–H and O–H groups in total. The summed E-state index contributed by atoms with van der Waals surface area (Å²) in [5.41, 5.74) is 3.84. The molecule has 0 spiro atoms. The summed E-state index contributed by atoms with van der Waals surface area (Å²) >= 11 is 0. The molecule has 0 saturated carbocycles. The third-order valence-corrected chi connectivity index (χ3v) is 2.46. The molecule has 68 valence electrons. The van der Waals surface area contributed by atoms with E-state index in [-0.39, 0.29) is 5.91 Å². The SMILES string of the molecule is Cc1ccc2c(c1)CNC(=O)CC2. The quantitative estimate of drug-likeness (QED) is 0.637. The van der Waals surface area contributed by atoms with Crippen molar-refractivity contribution in [1.29, 1.82) is 0 Å². The van der Waals surface area contributed by atoms with Crippen LogP contribution in [0.4, 0.5) is 0 Å². The number of hydrogen-bond donors (Lipinski definition) is 1. The number of fused-ring (bicyclic) bond motifs is 1. The number of rotatable bonds is 0. The Morgan fingerprint density at radius 3 is 2.92 bits per heavy atom. The molecule has 0 saturated heterocycles. The van der Waals surface area contributed by atoms with Gasteiger partial charge in [-0.15, -0.1) is 0 Å². The second-order valence-electron chi connectivity index (χ2n) is 3.55. The van der Waals surface area contributed by atoms with E-state index in [0.29, 0.717) is 13.0 Å². The number of amides is 1. The van der Waals surface area contributed by atoms with Crippen molar-refractivity contribution in [3.8, 4) is 0 Å². The minimum atomic E-state index is 0.161. The lowest BCUT2D eigenvalue weighted by Gasteiger charge is -2.05. The van der Waals surface area contributed by atoms with Crippen molar-refractivity contribution in [3.05, 3.63) is 34.9 Å². The molecule has 1 aromatic carbocycles. The van der Waals surface area contributed by atoms with Gasteiger partial charge < -0.3 is 5.32 Å². The summed E-state index contributed by atoms with van der Waals surface area (Å²) in [6.07, 6.45) is 1.50. The molecule has 0 atom stereocenters. The average Bonchev–Trinajstić information content (AvgIpc) is 2.29. The molecular weight excluding hydrogens is 162 g/mol. The Bertz CT molecular complexity index is 344. The smallest absolute Gasteiger partial charge is 0.220 e. The molecule has 0 aromatic heterocycles. The lowest BCUT2D eigenvalue weighted by Crippen LogP contribution is -2.20. The molecule has 1 aromatic rings. The lowest BCUT2D eigenvalue weighted by molar-refractivity contribution is -0.121. The number of aryl methyl sites for hydroxylation is 2. The van der Waals surface area contributed by atoms with E-state index in [1.54, 1.807) is 0 Å². The van der Waals surface area contributed by atoms with Crippen LogP contribution < -0.4 is 5.32 Å². The zero-order chi connectivity index (χ0) is 9.26. The van der Waals surface area contributed by atoms with Gasteiger partial charge in [-0.25, -0.2) is 0 Å². The fraction of sp³-hybridized carbons (Fsp3) is 0.364. The molecule has 2 heteroatoms. The van der Waals surface area contributed by atoms with Gasteiger partial charge in [-0.1, -0.05) is 23.8 Å². The van der Waals surface area contributed by atoms with Crippen LogP contribution in [-0.4, -0.2) is 5.91 Å². The Balaban J connectivity index is 2.35. The molecule has 13 heavy (non-hydrogen) atoms. The van der Waals surface area contributed by atoms with Crippen molar-refractivity contribution in [2.45, 2.75) is 26.3 Å². The van der Waals surface area contributed by atoms with Crippen molar-refractivity contribution in [2.24, 2.45) is 0 Å². The Morgan fingerprint density at radius 2 is 2.08 bits per heavy atom. The Hall–Kier alpha value is -1.31. The van der Waals surface area contributed by atoms with Gasteiger partial charge in [0.1, 0.15) is 0 Å². The van der Waals surface area contributed by atoms with Crippen LogP contribution in [0.15, 0.2) is 18.2 Å². The molecule has 2 nitrogen and oxygen atoms in total. The third-order valence-electron chi connectivity index (χ3n) is 2.46. The van der Waals surface area contributed by atoms with E-state index in [1.165, 1.54) is 16.7 Å². The minimum absolute atomic E-state index is 0.161. The van der Waals surface area contributed by atoms with Gasteiger partial charge in [-0.3, -0.25) is 4.79 Å². The van der Waals surface area contributed by atoms with E-state index < -0.39 is 0 Å². The highest BCUT2D eigenvalue weighted by Gasteiger charge is 2.11. The summed E-state index contributed by atoms with van der Waals surface area (Å²) in [6.45, 7) is 2.77. The van der Waals surface area contributed by atoms with Crippen LogP contribution in [0.1, 0.15) is 23.1 Å². The van der Waals surface area contributed by atoms with Gasteiger partial charge in [0.2, 0.25) is 5.91 Å². The van der Waals surface area contributed by atoms with E-state index in [1.807, 2.05) is 0 Å². The molecule has 2 rings (SSSR count). The fourth-order valence-corrected chi connectivity index (χ4v) is 1.69. The van der Waals surface area contributed by atoms with Gasteiger partial charge in [0, 0.05) is 13.0 Å². The van der Waals surface area contributed by atoms with Crippen molar-refractivity contribution in [1.82, 2.24) is 5.32 Å². The summed E-state index contributed by atoms with van der Waals surface area (Å²) in [5.74, 6) is 0.161. The predicted octanol–water partition coefficient (Wildman–Crippen LogP) is 1.56. The summed E-state index contributed by atoms with van der Waals surface area (Å²) in [7, 11) is 0. The first-order valence-corrected chi connectivity index (χ1v) is 4.61. The highest BCUT2D eigenvalue weighted by molar-refractivity contribution is 5.76. The highest BCUT2D eigenvalue weighted by Crippen LogP contribution is 2.16. The largest absolute Gasteiger partial charge is 0.352 e. The standard InChI is InChI=1S/C11H13NO/c1-8-2-3-9-4-5-11(13)12-7-10(9)6-8/h2-3,6H,4-5,7H2,1H3,(H,12,13). The van der Waals surface area contributed by atoms with Gasteiger partial charge >= 0.3 is 0 Å². The summed E-state index contributed by atoms with van der Waals surface area (Å²) in [4.78, 5) is 11.1. The normalized spacial score (nSPS) is 15.9. The summed E-state index contributed by atoms with van der Waals surface area (Å²) in [5, 5.41) is 2.89. The minimum Gasteiger partial charge on any atom is -0.352 e. The zero-order valence-corrected chi connectivity index (χ0v) is 7.76. The maximum absolute atomic E-state index is 11.1. The molecule has 0 radical (unpaired) electrons. The highest BCUT2D eigenvalue weighted by atomic mass is 16.1. The van der Waals surface area contributed by atoms with Crippen LogP contribution in [0.2, 0.25) is 0 Å². The van der Waals surface area contributed by atoms with Crippen molar-refractivity contribution >= 4 is 5.91 Å². The first kappa shape index (κ1) is 8.30.